The van der Waals surface area contributed by atoms with E-state index in [1.165, 1.54) is 38.5 Å². The monoisotopic (exact) mass is 262 g/mol. The summed E-state index contributed by atoms with van der Waals surface area (Å²) in [5, 5.41) is 11.7. The molecule has 0 bridgehead atoms. The third-order valence-electron chi connectivity index (χ3n) is 3.62. The smallest absolute Gasteiger partial charge is 0.170 e. The summed E-state index contributed by atoms with van der Waals surface area (Å²) >= 11 is 0. The fourth-order valence-corrected chi connectivity index (χ4v) is 2.50. The lowest BCUT2D eigenvalue weighted by molar-refractivity contribution is 0.0310. The zero-order valence-electron chi connectivity index (χ0n) is 11.2. The van der Waals surface area contributed by atoms with Crippen LogP contribution in [-0.2, 0) is 11.3 Å². The molecule has 4 nitrogen and oxygen atoms in total. The zero-order valence-corrected chi connectivity index (χ0v) is 11.2. The van der Waals surface area contributed by atoms with Crippen molar-refractivity contribution < 1.29 is 9.94 Å². The van der Waals surface area contributed by atoms with E-state index in [4.69, 9.17) is 15.7 Å². The van der Waals surface area contributed by atoms with Gasteiger partial charge in [0.2, 0.25) is 0 Å². The van der Waals surface area contributed by atoms with Gasteiger partial charge < -0.3 is 15.7 Å². The van der Waals surface area contributed by atoms with Crippen LogP contribution in [0.1, 0.15) is 49.7 Å². The molecule has 1 aromatic rings. The lowest BCUT2D eigenvalue weighted by atomic mass is 10.1. The molecule has 0 heterocycles. The second kappa shape index (κ2) is 7.14. The molecule has 1 aromatic carbocycles. The lowest BCUT2D eigenvalue weighted by Crippen LogP contribution is -2.14. The number of nitrogens with two attached hydrogens (primary N) is 1. The minimum absolute atomic E-state index is 0.135. The molecule has 104 valence electrons. The fraction of sp³-hybridized carbons (Fsp3) is 0.533. The Bertz CT molecular complexity index is 424. The zero-order chi connectivity index (χ0) is 13.5. The summed E-state index contributed by atoms with van der Waals surface area (Å²) in [6.07, 6.45) is 7.93. The molecule has 2 rings (SSSR count). The molecular formula is C15H22N2O2. The van der Waals surface area contributed by atoms with E-state index >= 15 is 0 Å². The molecule has 1 aliphatic rings. The molecule has 0 spiro atoms. The van der Waals surface area contributed by atoms with E-state index in [9.17, 15) is 0 Å². The van der Waals surface area contributed by atoms with Crippen molar-refractivity contribution >= 4 is 5.84 Å². The van der Waals surface area contributed by atoms with E-state index in [-0.39, 0.29) is 5.84 Å². The van der Waals surface area contributed by atoms with Gasteiger partial charge in [-0.15, -0.1) is 0 Å². The van der Waals surface area contributed by atoms with Crippen LogP contribution in [0.25, 0.3) is 0 Å². The van der Waals surface area contributed by atoms with Crippen molar-refractivity contribution in [2.45, 2.75) is 51.2 Å². The Balaban J connectivity index is 1.91. The fourth-order valence-electron chi connectivity index (χ4n) is 2.50. The first-order valence-corrected chi connectivity index (χ1v) is 6.98. The SMILES string of the molecule is N/C(=N/O)c1cccc(COC2CCCCCC2)c1. The predicted octanol–water partition coefficient (Wildman–Crippen LogP) is 3.02. The van der Waals surface area contributed by atoms with Crippen LogP contribution in [0.15, 0.2) is 29.4 Å². The maximum Gasteiger partial charge on any atom is 0.170 e. The number of oxime groups is 1. The molecule has 0 amide bonds. The van der Waals surface area contributed by atoms with E-state index in [0.29, 0.717) is 12.7 Å². The number of hydrogen-bond acceptors (Lipinski definition) is 3. The van der Waals surface area contributed by atoms with Crippen molar-refractivity contribution in [3.05, 3.63) is 35.4 Å². The van der Waals surface area contributed by atoms with Gasteiger partial charge in [-0.05, 0) is 24.5 Å². The Morgan fingerprint density at radius 1 is 1.26 bits per heavy atom. The highest BCUT2D eigenvalue weighted by atomic mass is 16.5. The number of nitrogens with zero attached hydrogens (tertiary/aromatic N) is 1. The van der Waals surface area contributed by atoms with E-state index in [1.54, 1.807) is 0 Å². The normalized spacial score (nSPS) is 18.2. The van der Waals surface area contributed by atoms with Gasteiger partial charge in [0.1, 0.15) is 0 Å². The molecule has 0 radical (unpaired) electrons. The van der Waals surface area contributed by atoms with Crippen LogP contribution in [0, 0.1) is 0 Å². The first-order valence-electron chi connectivity index (χ1n) is 6.98. The standard InChI is InChI=1S/C15H22N2O2/c16-15(17-18)13-7-5-6-12(10-13)11-19-14-8-3-1-2-4-9-14/h5-7,10,14,18H,1-4,8-9,11H2,(H2,16,17). The second-order valence-corrected chi connectivity index (χ2v) is 5.11. The van der Waals surface area contributed by atoms with E-state index in [2.05, 4.69) is 5.16 Å². The van der Waals surface area contributed by atoms with Gasteiger partial charge in [-0.1, -0.05) is 49.0 Å². The third kappa shape index (κ3) is 4.24. The van der Waals surface area contributed by atoms with Gasteiger partial charge in [0.15, 0.2) is 5.84 Å². The first-order chi connectivity index (χ1) is 9.29. The summed E-state index contributed by atoms with van der Waals surface area (Å²) in [7, 11) is 0. The molecule has 1 aliphatic carbocycles. The maximum atomic E-state index is 8.68. The van der Waals surface area contributed by atoms with Gasteiger partial charge in [0.05, 0.1) is 12.7 Å². The Morgan fingerprint density at radius 3 is 2.68 bits per heavy atom. The summed E-state index contributed by atoms with van der Waals surface area (Å²) in [5.41, 5.74) is 7.37. The minimum Gasteiger partial charge on any atom is -0.409 e. The topological polar surface area (TPSA) is 67.8 Å². The van der Waals surface area contributed by atoms with Crippen LogP contribution < -0.4 is 5.73 Å². The van der Waals surface area contributed by atoms with E-state index in [1.807, 2.05) is 24.3 Å². The third-order valence-corrected chi connectivity index (χ3v) is 3.62. The van der Waals surface area contributed by atoms with Crippen LogP contribution in [0.4, 0.5) is 0 Å². The molecule has 0 saturated heterocycles. The summed E-state index contributed by atoms with van der Waals surface area (Å²) in [6.45, 7) is 0.594. The molecule has 3 N–H and O–H groups in total. The van der Waals surface area contributed by atoms with Crippen molar-refractivity contribution in [2.24, 2.45) is 10.9 Å². The number of amidine groups is 1. The van der Waals surface area contributed by atoms with Crippen LogP contribution >= 0.6 is 0 Å². The molecule has 0 aromatic heterocycles. The van der Waals surface area contributed by atoms with E-state index < -0.39 is 0 Å². The minimum atomic E-state index is 0.135. The Labute approximate surface area is 114 Å². The molecule has 0 atom stereocenters. The van der Waals surface area contributed by atoms with Crippen molar-refractivity contribution in [1.82, 2.24) is 0 Å². The van der Waals surface area contributed by atoms with Gasteiger partial charge in [-0.3, -0.25) is 0 Å². The molecule has 0 unspecified atom stereocenters. The first kappa shape index (κ1) is 13.9. The second-order valence-electron chi connectivity index (χ2n) is 5.11. The summed E-state index contributed by atoms with van der Waals surface area (Å²) in [6, 6.07) is 7.64. The van der Waals surface area contributed by atoms with Gasteiger partial charge >= 0.3 is 0 Å². The summed E-state index contributed by atoms with van der Waals surface area (Å²) < 4.78 is 5.97. The quantitative estimate of drug-likeness (QED) is 0.288. The van der Waals surface area contributed by atoms with Crippen molar-refractivity contribution in [3.63, 3.8) is 0 Å². The number of ether oxygens (including phenoxy) is 1. The van der Waals surface area contributed by atoms with Gasteiger partial charge in [0, 0.05) is 5.56 Å². The number of hydrogen-bond donors (Lipinski definition) is 2. The van der Waals surface area contributed by atoms with Gasteiger partial charge in [-0.2, -0.15) is 0 Å². The maximum absolute atomic E-state index is 8.68. The predicted molar refractivity (Wildman–Crippen MR) is 75.2 cm³/mol. The molecule has 4 heteroatoms. The Hall–Kier alpha value is -1.55. The van der Waals surface area contributed by atoms with Crippen LogP contribution in [0.2, 0.25) is 0 Å². The van der Waals surface area contributed by atoms with Crippen molar-refractivity contribution in [2.75, 3.05) is 0 Å². The van der Waals surface area contributed by atoms with Crippen molar-refractivity contribution in [1.29, 1.82) is 0 Å². The average molecular weight is 262 g/mol. The highest BCUT2D eigenvalue weighted by molar-refractivity contribution is 5.97. The Morgan fingerprint density at radius 2 is 2.00 bits per heavy atom. The largest absolute Gasteiger partial charge is 0.409 e. The van der Waals surface area contributed by atoms with E-state index in [0.717, 1.165) is 11.1 Å². The van der Waals surface area contributed by atoms with Crippen LogP contribution in [0.5, 0.6) is 0 Å². The summed E-state index contributed by atoms with van der Waals surface area (Å²) in [4.78, 5) is 0. The van der Waals surface area contributed by atoms with Crippen LogP contribution in [-0.4, -0.2) is 17.1 Å². The number of rotatable bonds is 4. The number of benzene rings is 1. The molecule has 1 fully saturated rings. The molecule has 0 aliphatic heterocycles. The Kier molecular flexibility index (Phi) is 5.21. The highest BCUT2D eigenvalue weighted by Crippen LogP contribution is 2.21. The summed E-state index contributed by atoms with van der Waals surface area (Å²) in [5.74, 6) is 0.135. The van der Waals surface area contributed by atoms with Crippen LogP contribution in [0.3, 0.4) is 0 Å². The average Bonchev–Trinajstić information content (AvgIpc) is 2.73. The molecular weight excluding hydrogens is 240 g/mol. The molecule has 1 saturated carbocycles. The van der Waals surface area contributed by atoms with Gasteiger partial charge in [0.25, 0.3) is 0 Å². The molecule has 19 heavy (non-hydrogen) atoms. The highest BCUT2D eigenvalue weighted by Gasteiger charge is 2.12. The van der Waals surface area contributed by atoms with Gasteiger partial charge in [-0.25, -0.2) is 0 Å². The lowest BCUT2D eigenvalue weighted by Gasteiger charge is -2.15. The van der Waals surface area contributed by atoms with Crippen molar-refractivity contribution in [3.8, 4) is 0 Å².